The van der Waals surface area contributed by atoms with Gasteiger partial charge in [0.25, 0.3) is 7.11 Å². The van der Waals surface area contributed by atoms with Gasteiger partial charge in [-0.15, -0.1) is 10.2 Å². The van der Waals surface area contributed by atoms with Gasteiger partial charge in [0.2, 0.25) is 0 Å². The number of hydrogen-bond donors (Lipinski definition) is 0. The number of methoxy groups -OCH3 is 2. The zero-order chi connectivity index (χ0) is 22.1. The van der Waals surface area contributed by atoms with E-state index in [1.165, 1.54) is 0 Å². The number of halogens is 1. The van der Waals surface area contributed by atoms with Gasteiger partial charge in [0.1, 0.15) is 11.5 Å². The Hall–Kier alpha value is -2.94. The zero-order valence-electron chi connectivity index (χ0n) is 16.7. The van der Waals surface area contributed by atoms with Gasteiger partial charge >= 0.3 is 5.78 Å². The molecule has 0 heterocycles. The van der Waals surface area contributed by atoms with Crippen LogP contribution in [0.5, 0.6) is 11.5 Å². The Morgan fingerprint density at radius 1 is 0.700 bits per heavy atom. The van der Waals surface area contributed by atoms with E-state index in [-0.39, 0.29) is 0 Å². The molecule has 0 radical (unpaired) electrons. The van der Waals surface area contributed by atoms with Crippen LogP contribution in [0.3, 0.4) is 0 Å². The highest BCUT2D eigenvalue weighted by Gasteiger charge is 2.14. The molecule has 30 heavy (non-hydrogen) atoms. The first-order valence-corrected chi connectivity index (χ1v) is 9.90. The van der Waals surface area contributed by atoms with Crippen molar-refractivity contribution in [3.05, 3.63) is 89.5 Å². The Kier molecular flexibility index (Phi) is 8.35. The highest BCUT2D eigenvalue weighted by Crippen LogP contribution is 2.31. The molecule has 158 valence electrons. The number of allylic oxidation sites excluding steroid dienone is 5. The van der Waals surface area contributed by atoms with E-state index in [4.69, 9.17) is 32.5 Å². The molecule has 2 aromatic rings. The van der Waals surface area contributed by atoms with E-state index >= 15 is 0 Å². The van der Waals surface area contributed by atoms with Crippen molar-refractivity contribution < 1.29 is 42.8 Å². The van der Waals surface area contributed by atoms with E-state index < -0.39 is 10.2 Å². The Labute approximate surface area is 176 Å². The maximum Gasteiger partial charge on any atom is 0.343 e. The van der Waals surface area contributed by atoms with Gasteiger partial charge in [-0.3, -0.25) is 4.42 Å². The van der Waals surface area contributed by atoms with Gasteiger partial charge in [-0.2, -0.15) is 0 Å². The van der Waals surface area contributed by atoms with Crippen LogP contribution < -0.4 is 28.1 Å². The lowest BCUT2D eigenvalue weighted by atomic mass is 9.91. The average Bonchev–Trinajstić information content (AvgIpc) is 2.74. The highest BCUT2D eigenvalue weighted by molar-refractivity contribution is 6.03. The summed E-state index contributed by atoms with van der Waals surface area (Å²) in [4.78, 5) is 0. The van der Waals surface area contributed by atoms with Gasteiger partial charge in [0.05, 0.1) is 14.2 Å². The summed E-state index contributed by atoms with van der Waals surface area (Å²) in [6.07, 6.45) is 8.09. The van der Waals surface area contributed by atoms with Crippen LogP contribution in [0.2, 0.25) is 0 Å². The first kappa shape index (κ1) is 23.3. The van der Waals surface area contributed by atoms with Crippen molar-refractivity contribution >= 4 is 11.4 Å². The second-order valence-corrected chi connectivity index (χ2v) is 6.69. The molecule has 0 spiro atoms. The molecule has 1 aliphatic rings. The van der Waals surface area contributed by atoms with Crippen LogP contribution in [0, 0.1) is 10.2 Å². The minimum atomic E-state index is -4.94. The first-order chi connectivity index (χ1) is 14.2. The van der Waals surface area contributed by atoms with Crippen LogP contribution in [0.1, 0.15) is 11.1 Å². The third-order valence-electron chi connectivity index (χ3n) is 4.14. The number of ketones is 1. The molecule has 2 aromatic carbocycles. The van der Waals surface area contributed by atoms with E-state index in [0.29, 0.717) is 0 Å². The quantitative estimate of drug-likeness (QED) is 0.606. The lowest BCUT2D eigenvalue weighted by Crippen LogP contribution is -2.68. The Morgan fingerprint density at radius 2 is 1.07 bits per heavy atom. The van der Waals surface area contributed by atoms with Crippen molar-refractivity contribution in [3.8, 4) is 11.5 Å². The third-order valence-corrected chi connectivity index (χ3v) is 4.14. The molecule has 7 nitrogen and oxygen atoms in total. The molecule has 0 bridgehead atoms. The molecule has 0 saturated carbocycles. The second kappa shape index (κ2) is 10.7. The maximum absolute atomic E-state index is 8.49. The van der Waals surface area contributed by atoms with E-state index in [1.54, 1.807) is 21.3 Å². The SMILES string of the molecule is COc1ccc(C(=C2C=CC(=[O+]C)C=C2)c2ccc(OC)cc2)cc1.[O-][Cl+3]([O-])([O-])[O-]. The fourth-order valence-corrected chi connectivity index (χ4v) is 2.77. The molecular formula is C22H21ClO7. The molecule has 3 rings (SSSR count). The number of carbonyl (C=O) groups excluding carboxylic acids is 1. The van der Waals surface area contributed by atoms with Gasteiger partial charge in [0.15, 0.2) is 0 Å². The molecule has 0 aromatic heterocycles. The van der Waals surface area contributed by atoms with Crippen molar-refractivity contribution in [3.63, 3.8) is 0 Å². The van der Waals surface area contributed by atoms with Crippen LogP contribution in [-0.2, 0) is 4.42 Å². The van der Waals surface area contributed by atoms with Crippen LogP contribution in [0.4, 0.5) is 0 Å². The highest BCUT2D eigenvalue weighted by atomic mass is 35.7. The van der Waals surface area contributed by atoms with Crippen molar-refractivity contribution in [2.45, 2.75) is 0 Å². The minimum absolute atomic E-state index is 0.840. The van der Waals surface area contributed by atoms with E-state index in [1.807, 2.05) is 36.4 Å². The van der Waals surface area contributed by atoms with Crippen LogP contribution >= 0.6 is 0 Å². The van der Waals surface area contributed by atoms with Crippen molar-refractivity contribution in [2.24, 2.45) is 0 Å². The van der Waals surface area contributed by atoms with E-state index in [2.05, 4.69) is 36.4 Å². The lowest BCUT2D eigenvalue weighted by Gasteiger charge is -2.17. The summed E-state index contributed by atoms with van der Waals surface area (Å²) in [7, 11) is 0.0751. The van der Waals surface area contributed by atoms with Crippen LogP contribution in [0.25, 0.3) is 5.57 Å². The van der Waals surface area contributed by atoms with Crippen molar-refractivity contribution in [2.75, 3.05) is 21.3 Å². The number of ether oxygens (including phenoxy) is 2. The summed E-state index contributed by atoms with van der Waals surface area (Å²) in [5.74, 6) is 2.52. The minimum Gasteiger partial charge on any atom is -0.497 e. The Morgan fingerprint density at radius 3 is 1.37 bits per heavy atom. The largest absolute Gasteiger partial charge is 0.497 e. The van der Waals surface area contributed by atoms with Crippen molar-refractivity contribution in [1.29, 1.82) is 0 Å². The summed E-state index contributed by atoms with van der Waals surface area (Å²) in [5, 5.41) is 0. The normalized spacial score (nSPS) is 12.8. The van der Waals surface area contributed by atoms with E-state index in [9.17, 15) is 0 Å². The van der Waals surface area contributed by atoms with Gasteiger partial charge in [-0.25, -0.2) is 18.6 Å². The maximum atomic E-state index is 8.49. The molecule has 0 fully saturated rings. The second-order valence-electron chi connectivity index (χ2n) is 5.94. The van der Waals surface area contributed by atoms with E-state index in [0.717, 1.165) is 39.6 Å². The topological polar surface area (TPSA) is 122 Å². The van der Waals surface area contributed by atoms with Gasteiger partial charge in [-0.05, 0) is 58.7 Å². The third kappa shape index (κ3) is 7.14. The predicted octanol–water partition coefficient (Wildman–Crippen LogP) is -0.390. The monoisotopic (exact) mass is 432 g/mol. The number of benzene rings is 2. The molecule has 0 N–H and O–H groups in total. The Balaban J connectivity index is 0.000000575. The molecule has 0 aliphatic heterocycles. The number of rotatable bonds is 4. The fraction of sp³-hybridized carbons (Fsp3) is 0.136. The summed E-state index contributed by atoms with van der Waals surface area (Å²) in [5.41, 5.74) is 4.51. The molecule has 0 amide bonds. The first-order valence-electron chi connectivity index (χ1n) is 8.67. The molecule has 0 saturated heterocycles. The Bertz CT molecular complexity index is 877. The summed E-state index contributed by atoms with van der Waals surface area (Å²) in [6, 6.07) is 16.2. The van der Waals surface area contributed by atoms with Gasteiger partial charge in [0, 0.05) is 12.2 Å². The summed E-state index contributed by atoms with van der Waals surface area (Å²) >= 11 is 0. The van der Waals surface area contributed by atoms with Crippen LogP contribution in [0.15, 0.2) is 78.4 Å². The molecular weight excluding hydrogens is 412 g/mol. The van der Waals surface area contributed by atoms with Crippen LogP contribution in [-0.4, -0.2) is 27.1 Å². The number of hydrogen-bond acceptors (Lipinski definition) is 6. The molecule has 0 unspecified atom stereocenters. The predicted molar refractivity (Wildman–Crippen MR) is 101 cm³/mol. The molecule has 8 heteroatoms. The smallest absolute Gasteiger partial charge is 0.343 e. The summed E-state index contributed by atoms with van der Waals surface area (Å²) in [6.45, 7) is 0. The lowest BCUT2D eigenvalue weighted by molar-refractivity contribution is -2.00. The molecule has 0 atom stereocenters. The fourth-order valence-electron chi connectivity index (χ4n) is 2.77. The van der Waals surface area contributed by atoms with Gasteiger partial charge < -0.3 is 9.47 Å². The zero-order valence-corrected chi connectivity index (χ0v) is 17.4. The standard InChI is InChI=1S/C22H21O3.ClHO4/c1-23-19-10-4-16(5-11-19)22(17-6-12-20(24-2)13-7-17)18-8-14-21(25-3)15-9-18;2-1(3,4)5/h4-15H,1-3H3;(H,2,3,4,5)/q+1;/p-1. The molecule has 1 aliphatic carbocycles. The summed E-state index contributed by atoms with van der Waals surface area (Å²) < 4.78 is 49.8. The average molecular weight is 433 g/mol. The van der Waals surface area contributed by atoms with Crippen molar-refractivity contribution in [1.82, 2.24) is 0 Å². The van der Waals surface area contributed by atoms with Gasteiger partial charge in [-0.1, -0.05) is 24.3 Å².